The molecule has 1 saturated heterocycles. The predicted molar refractivity (Wildman–Crippen MR) is 98.9 cm³/mol. The van der Waals surface area contributed by atoms with Gasteiger partial charge < -0.3 is 10.1 Å². The number of amides is 3. The number of carbonyl (C=O) groups is 4. The minimum atomic E-state index is -1.08. The van der Waals surface area contributed by atoms with Crippen LogP contribution < -0.4 is 5.32 Å². The van der Waals surface area contributed by atoms with Crippen molar-refractivity contribution in [2.24, 2.45) is 18.9 Å². The van der Waals surface area contributed by atoms with E-state index in [-0.39, 0.29) is 11.8 Å². The molecule has 1 aromatic rings. The molecular weight excluding hydrogens is 364 g/mol. The molecule has 9 nitrogen and oxygen atoms in total. The Morgan fingerprint density at radius 1 is 1.21 bits per heavy atom. The molecule has 3 atom stereocenters. The van der Waals surface area contributed by atoms with Gasteiger partial charge in [0.05, 0.1) is 28.9 Å². The molecule has 0 aromatic carbocycles. The monoisotopic (exact) mass is 388 g/mol. The van der Waals surface area contributed by atoms with Gasteiger partial charge in [-0.3, -0.25) is 28.8 Å². The minimum absolute atomic E-state index is 0.352. The van der Waals surface area contributed by atoms with Crippen LogP contribution in [-0.4, -0.2) is 51.0 Å². The molecule has 150 valence electrons. The molecule has 0 unspecified atom stereocenters. The van der Waals surface area contributed by atoms with Gasteiger partial charge in [0.2, 0.25) is 11.8 Å². The third kappa shape index (κ3) is 3.56. The number of esters is 1. The number of ether oxygens (including phenoxy) is 1. The number of anilines is 1. The maximum Gasteiger partial charge on any atom is 0.326 e. The summed E-state index contributed by atoms with van der Waals surface area (Å²) >= 11 is 0. The predicted octanol–water partition coefficient (Wildman–Crippen LogP) is 0.858. The highest BCUT2D eigenvalue weighted by atomic mass is 16.5. The van der Waals surface area contributed by atoms with Crippen molar-refractivity contribution in [3.05, 3.63) is 23.5 Å². The third-order valence-corrected chi connectivity index (χ3v) is 5.32. The van der Waals surface area contributed by atoms with E-state index < -0.39 is 36.4 Å². The Bertz CT molecular complexity index is 846. The van der Waals surface area contributed by atoms with Crippen molar-refractivity contribution in [1.82, 2.24) is 14.7 Å². The number of hydrogen-bond donors (Lipinski definition) is 1. The largest absolute Gasteiger partial charge is 0.451 e. The fraction of sp³-hybridized carbons (Fsp3) is 0.526. The zero-order valence-electron chi connectivity index (χ0n) is 16.4. The molecular formula is C19H24N4O5. The fourth-order valence-corrected chi connectivity index (χ4v) is 3.62. The molecule has 3 amide bonds. The smallest absolute Gasteiger partial charge is 0.326 e. The van der Waals surface area contributed by atoms with Gasteiger partial charge in [-0.05, 0) is 33.6 Å². The molecule has 0 bridgehead atoms. The summed E-state index contributed by atoms with van der Waals surface area (Å²) in [7, 11) is 1.76. The van der Waals surface area contributed by atoms with Crippen molar-refractivity contribution >= 4 is 29.4 Å². The highest BCUT2D eigenvalue weighted by molar-refractivity contribution is 6.07. The van der Waals surface area contributed by atoms with Gasteiger partial charge in [-0.15, -0.1) is 0 Å². The van der Waals surface area contributed by atoms with Crippen LogP contribution in [0.5, 0.6) is 0 Å². The van der Waals surface area contributed by atoms with Gasteiger partial charge in [0.15, 0.2) is 6.10 Å². The van der Waals surface area contributed by atoms with Crippen LogP contribution in [0.25, 0.3) is 0 Å². The van der Waals surface area contributed by atoms with Crippen molar-refractivity contribution in [3.63, 3.8) is 0 Å². The number of imide groups is 1. The van der Waals surface area contributed by atoms with Crippen LogP contribution in [0.3, 0.4) is 0 Å². The van der Waals surface area contributed by atoms with Crippen molar-refractivity contribution < 1.29 is 23.9 Å². The fourth-order valence-electron chi connectivity index (χ4n) is 3.62. The highest BCUT2D eigenvalue weighted by Gasteiger charge is 2.47. The van der Waals surface area contributed by atoms with Crippen molar-refractivity contribution in [1.29, 1.82) is 0 Å². The second-order valence-corrected chi connectivity index (χ2v) is 7.21. The van der Waals surface area contributed by atoms with E-state index in [0.29, 0.717) is 24.2 Å². The van der Waals surface area contributed by atoms with Crippen LogP contribution in [0.2, 0.25) is 0 Å². The number of likely N-dealkylation sites (tertiary alicyclic amines) is 1. The van der Waals surface area contributed by atoms with E-state index in [1.807, 2.05) is 19.1 Å². The second kappa shape index (κ2) is 7.57. The lowest BCUT2D eigenvalue weighted by Gasteiger charge is -2.17. The average molecular weight is 388 g/mol. The molecule has 1 fully saturated rings. The normalized spacial score (nSPS) is 22.2. The summed E-state index contributed by atoms with van der Waals surface area (Å²) in [5.74, 6) is -2.81. The van der Waals surface area contributed by atoms with Crippen molar-refractivity contribution in [2.75, 3.05) is 11.9 Å². The number of nitrogens with zero attached hydrogens (tertiary/aromatic N) is 3. The van der Waals surface area contributed by atoms with E-state index in [9.17, 15) is 19.2 Å². The number of aromatic nitrogens is 2. The van der Waals surface area contributed by atoms with Gasteiger partial charge in [-0.2, -0.15) is 5.10 Å². The topological polar surface area (TPSA) is 111 Å². The van der Waals surface area contributed by atoms with Gasteiger partial charge in [0.25, 0.3) is 5.91 Å². The lowest BCUT2D eigenvalue weighted by atomic mass is 9.85. The van der Waals surface area contributed by atoms with E-state index in [0.717, 1.165) is 10.6 Å². The van der Waals surface area contributed by atoms with E-state index >= 15 is 0 Å². The molecule has 1 aromatic heterocycles. The van der Waals surface area contributed by atoms with Crippen molar-refractivity contribution in [2.45, 2.75) is 39.7 Å². The Morgan fingerprint density at radius 2 is 1.79 bits per heavy atom. The van der Waals surface area contributed by atoms with Gasteiger partial charge in [-0.1, -0.05) is 12.2 Å². The average Bonchev–Trinajstić information content (AvgIpc) is 3.04. The quantitative estimate of drug-likeness (QED) is 0.455. The first-order valence-electron chi connectivity index (χ1n) is 9.21. The van der Waals surface area contributed by atoms with Gasteiger partial charge in [-0.25, -0.2) is 0 Å². The summed E-state index contributed by atoms with van der Waals surface area (Å²) in [6.07, 6.45) is 3.68. The maximum atomic E-state index is 12.4. The summed E-state index contributed by atoms with van der Waals surface area (Å²) in [5, 5.41) is 6.91. The van der Waals surface area contributed by atoms with Gasteiger partial charge in [0, 0.05) is 7.05 Å². The number of hydrogen-bond acceptors (Lipinski definition) is 6. The van der Waals surface area contributed by atoms with Crippen LogP contribution in [0.4, 0.5) is 5.69 Å². The molecule has 0 radical (unpaired) electrons. The Hall–Kier alpha value is -2.97. The van der Waals surface area contributed by atoms with Crippen molar-refractivity contribution in [3.8, 4) is 0 Å². The van der Waals surface area contributed by atoms with Crippen LogP contribution in [0.15, 0.2) is 12.2 Å². The molecule has 3 rings (SSSR count). The molecule has 9 heteroatoms. The Labute approximate surface area is 162 Å². The Morgan fingerprint density at radius 3 is 2.29 bits per heavy atom. The van der Waals surface area contributed by atoms with Crippen LogP contribution in [0.1, 0.15) is 31.2 Å². The first-order chi connectivity index (χ1) is 13.2. The highest BCUT2D eigenvalue weighted by Crippen LogP contribution is 2.34. The Balaban J connectivity index is 1.58. The standard InChI is InChI=1S/C19H24N4O5/c1-10-16(11(2)22(4)21-10)20-17(25)12(3)28-15(24)9-23-18(26)13-7-5-6-8-14(13)19(23)27/h5-6,12-14H,7-9H2,1-4H3,(H,20,25)/t12-,13-,14-/m0/s1. The molecule has 0 spiro atoms. The SMILES string of the molecule is Cc1nn(C)c(C)c1NC(=O)[C@H](C)OC(=O)CN1C(=O)[C@H]2CC=CC[C@@H]2C1=O. The number of fused-ring (bicyclic) bond motifs is 1. The van der Waals surface area contributed by atoms with E-state index in [4.69, 9.17) is 4.74 Å². The molecule has 1 aliphatic heterocycles. The number of carbonyl (C=O) groups excluding carboxylic acids is 4. The third-order valence-electron chi connectivity index (χ3n) is 5.32. The molecule has 2 aliphatic rings. The first kappa shape index (κ1) is 19.8. The van der Waals surface area contributed by atoms with Gasteiger partial charge in [0.1, 0.15) is 6.54 Å². The maximum absolute atomic E-state index is 12.4. The first-order valence-corrected chi connectivity index (χ1v) is 9.21. The second-order valence-electron chi connectivity index (χ2n) is 7.21. The van der Waals surface area contributed by atoms with E-state index in [1.165, 1.54) is 6.92 Å². The van der Waals surface area contributed by atoms with Crippen LogP contribution >= 0.6 is 0 Å². The number of aryl methyl sites for hydroxylation is 2. The van der Waals surface area contributed by atoms with E-state index in [2.05, 4.69) is 10.4 Å². The number of allylic oxidation sites excluding steroid dienone is 2. The summed E-state index contributed by atoms with van der Waals surface area (Å²) in [4.78, 5) is 50.3. The molecule has 0 saturated carbocycles. The molecule has 28 heavy (non-hydrogen) atoms. The molecule has 2 heterocycles. The lowest BCUT2D eigenvalue weighted by molar-refractivity contribution is -0.158. The van der Waals surface area contributed by atoms with Gasteiger partial charge >= 0.3 is 5.97 Å². The van der Waals surface area contributed by atoms with Crippen LogP contribution in [0, 0.1) is 25.7 Å². The minimum Gasteiger partial charge on any atom is -0.451 e. The zero-order valence-corrected chi connectivity index (χ0v) is 16.4. The molecule has 1 aliphatic carbocycles. The number of rotatable bonds is 5. The summed E-state index contributed by atoms with van der Waals surface area (Å²) in [6, 6.07) is 0. The molecule has 1 N–H and O–H groups in total. The lowest BCUT2D eigenvalue weighted by Crippen LogP contribution is -2.39. The zero-order chi connectivity index (χ0) is 20.6. The van der Waals surface area contributed by atoms with E-state index in [1.54, 1.807) is 18.7 Å². The summed E-state index contributed by atoms with van der Waals surface area (Å²) < 4.78 is 6.78. The summed E-state index contributed by atoms with van der Waals surface area (Å²) in [5.41, 5.74) is 1.99. The number of nitrogens with one attached hydrogen (secondary N) is 1. The Kier molecular flexibility index (Phi) is 5.35. The van der Waals surface area contributed by atoms with Crippen LogP contribution in [-0.2, 0) is 31.0 Å². The summed E-state index contributed by atoms with van der Waals surface area (Å²) in [6.45, 7) is 4.53.